The van der Waals surface area contributed by atoms with Crippen LogP contribution in [0.15, 0.2) is 30.6 Å². The average molecular weight is 293 g/mol. The molecule has 0 aliphatic carbocycles. The Morgan fingerprint density at radius 2 is 1.85 bits per heavy atom. The van der Waals surface area contributed by atoms with Crippen molar-refractivity contribution in [1.29, 1.82) is 0 Å². The number of rotatable bonds is 4. The molecule has 1 aliphatic rings. The van der Waals surface area contributed by atoms with E-state index in [9.17, 15) is 0 Å². The summed E-state index contributed by atoms with van der Waals surface area (Å²) in [4.78, 5) is 6.73. The van der Waals surface area contributed by atoms with Crippen LogP contribution in [0, 0.1) is 0 Å². The van der Waals surface area contributed by atoms with E-state index in [1.165, 1.54) is 0 Å². The molecule has 2 aromatic rings. The van der Waals surface area contributed by atoms with Gasteiger partial charge in [0.1, 0.15) is 6.33 Å². The molecule has 1 saturated heterocycles. The van der Waals surface area contributed by atoms with Gasteiger partial charge in [-0.25, -0.2) is 9.67 Å². The largest absolute Gasteiger partial charge is 0.379 e. The lowest BCUT2D eigenvalue weighted by atomic mass is 10.2. The quantitative estimate of drug-likeness (QED) is 0.864. The van der Waals surface area contributed by atoms with Crippen molar-refractivity contribution in [3.8, 4) is 11.4 Å². The molecule has 0 saturated carbocycles. The molecule has 0 N–H and O–H groups in total. The van der Waals surface area contributed by atoms with Crippen LogP contribution in [-0.2, 0) is 11.3 Å². The fourth-order valence-electron chi connectivity index (χ4n) is 2.31. The molecule has 5 nitrogen and oxygen atoms in total. The first-order valence-electron chi connectivity index (χ1n) is 6.77. The molecule has 1 aromatic heterocycles. The van der Waals surface area contributed by atoms with Gasteiger partial charge in [0.15, 0.2) is 5.82 Å². The first-order valence-corrected chi connectivity index (χ1v) is 7.14. The van der Waals surface area contributed by atoms with Crippen molar-refractivity contribution in [2.24, 2.45) is 0 Å². The molecule has 106 valence electrons. The zero-order chi connectivity index (χ0) is 13.8. The molecule has 1 aromatic carbocycles. The molecule has 3 rings (SSSR count). The highest BCUT2D eigenvalue weighted by Gasteiger charge is 2.12. The van der Waals surface area contributed by atoms with Crippen LogP contribution in [0.2, 0.25) is 5.02 Å². The molecule has 0 radical (unpaired) electrons. The molecule has 20 heavy (non-hydrogen) atoms. The van der Waals surface area contributed by atoms with Crippen LogP contribution in [0.1, 0.15) is 0 Å². The maximum atomic E-state index is 5.91. The van der Waals surface area contributed by atoms with E-state index < -0.39 is 0 Å². The number of benzene rings is 1. The van der Waals surface area contributed by atoms with Gasteiger partial charge in [0.25, 0.3) is 0 Å². The van der Waals surface area contributed by atoms with Crippen molar-refractivity contribution < 1.29 is 4.74 Å². The van der Waals surface area contributed by atoms with Gasteiger partial charge < -0.3 is 4.74 Å². The van der Waals surface area contributed by atoms with Crippen molar-refractivity contribution in [3.63, 3.8) is 0 Å². The lowest BCUT2D eigenvalue weighted by Gasteiger charge is -2.26. The summed E-state index contributed by atoms with van der Waals surface area (Å²) in [6.07, 6.45) is 1.60. The van der Waals surface area contributed by atoms with Gasteiger partial charge in [0.2, 0.25) is 0 Å². The number of hydrogen-bond acceptors (Lipinski definition) is 4. The van der Waals surface area contributed by atoms with Gasteiger partial charge in [0.05, 0.1) is 19.8 Å². The predicted octanol–water partition coefficient (Wildman–Crippen LogP) is 1.93. The highest BCUT2D eigenvalue weighted by atomic mass is 35.5. The van der Waals surface area contributed by atoms with Crippen molar-refractivity contribution in [1.82, 2.24) is 19.7 Å². The molecule has 0 spiro atoms. The Bertz CT molecular complexity index is 549. The van der Waals surface area contributed by atoms with Gasteiger partial charge in [-0.1, -0.05) is 11.6 Å². The second-order valence-electron chi connectivity index (χ2n) is 4.77. The third-order valence-electron chi connectivity index (χ3n) is 3.45. The van der Waals surface area contributed by atoms with Crippen LogP contribution < -0.4 is 0 Å². The second kappa shape index (κ2) is 6.35. The number of ether oxygens (including phenoxy) is 1. The Labute approximate surface area is 123 Å². The molecule has 0 amide bonds. The Morgan fingerprint density at radius 1 is 1.10 bits per heavy atom. The molecule has 1 aliphatic heterocycles. The molecular weight excluding hydrogens is 276 g/mol. The van der Waals surface area contributed by atoms with E-state index in [1.54, 1.807) is 6.33 Å². The molecule has 2 heterocycles. The van der Waals surface area contributed by atoms with Gasteiger partial charge in [-0.05, 0) is 24.3 Å². The summed E-state index contributed by atoms with van der Waals surface area (Å²) in [7, 11) is 0. The molecule has 1 fully saturated rings. The number of nitrogens with zero attached hydrogens (tertiary/aromatic N) is 4. The number of morpholine rings is 1. The van der Waals surface area contributed by atoms with Gasteiger partial charge >= 0.3 is 0 Å². The standard InChI is InChI=1S/C14H17ClN4O/c15-13-3-1-12(2-4-13)14-16-11-17-19(14)6-5-18-7-9-20-10-8-18/h1-4,11H,5-10H2. The third kappa shape index (κ3) is 3.17. The Balaban J connectivity index is 1.68. The number of hydrogen-bond donors (Lipinski definition) is 0. The van der Waals surface area contributed by atoms with E-state index in [-0.39, 0.29) is 0 Å². The molecule has 0 bridgehead atoms. The summed E-state index contributed by atoms with van der Waals surface area (Å²) < 4.78 is 7.30. The summed E-state index contributed by atoms with van der Waals surface area (Å²) in [5.74, 6) is 0.884. The average Bonchev–Trinajstić information content (AvgIpc) is 2.95. The van der Waals surface area contributed by atoms with Crippen molar-refractivity contribution in [2.45, 2.75) is 6.54 Å². The predicted molar refractivity (Wildman–Crippen MR) is 77.7 cm³/mol. The van der Waals surface area contributed by atoms with Crippen molar-refractivity contribution in [3.05, 3.63) is 35.6 Å². The summed E-state index contributed by atoms with van der Waals surface area (Å²) in [5.41, 5.74) is 1.04. The minimum Gasteiger partial charge on any atom is -0.379 e. The lowest BCUT2D eigenvalue weighted by Crippen LogP contribution is -2.38. The zero-order valence-corrected chi connectivity index (χ0v) is 12.0. The SMILES string of the molecule is Clc1ccc(-c2ncnn2CCN2CCOCC2)cc1. The van der Waals surface area contributed by atoms with Crippen LogP contribution in [0.4, 0.5) is 0 Å². The van der Waals surface area contributed by atoms with E-state index in [0.29, 0.717) is 0 Å². The van der Waals surface area contributed by atoms with E-state index in [4.69, 9.17) is 16.3 Å². The first-order chi connectivity index (χ1) is 9.83. The van der Waals surface area contributed by atoms with Gasteiger partial charge in [-0.2, -0.15) is 5.10 Å². The highest BCUT2D eigenvalue weighted by Crippen LogP contribution is 2.19. The normalized spacial score (nSPS) is 16.4. The molecule has 0 atom stereocenters. The van der Waals surface area contributed by atoms with E-state index in [2.05, 4.69) is 15.0 Å². The van der Waals surface area contributed by atoms with Crippen LogP contribution in [-0.4, -0.2) is 52.5 Å². The Kier molecular flexibility index (Phi) is 4.30. The minimum atomic E-state index is 0.730. The van der Waals surface area contributed by atoms with E-state index in [0.717, 1.165) is 55.8 Å². The van der Waals surface area contributed by atoms with Gasteiger partial charge in [-0.15, -0.1) is 0 Å². The van der Waals surface area contributed by atoms with Crippen LogP contribution in [0.5, 0.6) is 0 Å². The topological polar surface area (TPSA) is 43.2 Å². The number of aromatic nitrogens is 3. The maximum Gasteiger partial charge on any atom is 0.158 e. The van der Waals surface area contributed by atoms with Crippen LogP contribution in [0.25, 0.3) is 11.4 Å². The van der Waals surface area contributed by atoms with E-state index in [1.807, 2.05) is 28.9 Å². The molecule has 6 heteroatoms. The van der Waals surface area contributed by atoms with Crippen molar-refractivity contribution >= 4 is 11.6 Å². The van der Waals surface area contributed by atoms with Crippen LogP contribution >= 0.6 is 11.6 Å². The fraction of sp³-hybridized carbons (Fsp3) is 0.429. The van der Waals surface area contributed by atoms with Crippen molar-refractivity contribution in [2.75, 3.05) is 32.8 Å². The smallest absolute Gasteiger partial charge is 0.158 e. The fourth-order valence-corrected chi connectivity index (χ4v) is 2.44. The third-order valence-corrected chi connectivity index (χ3v) is 3.70. The monoisotopic (exact) mass is 292 g/mol. The Morgan fingerprint density at radius 3 is 2.60 bits per heavy atom. The van der Waals surface area contributed by atoms with Gasteiger partial charge in [0, 0.05) is 30.2 Å². The first kappa shape index (κ1) is 13.5. The molecule has 0 unspecified atom stereocenters. The lowest BCUT2D eigenvalue weighted by molar-refractivity contribution is 0.0360. The van der Waals surface area contributed by atoms with Gasteiger partial charge in [-0.3, -0.25) is 4.90 Å². The number of halogens is 1. The summed E-state index contributed by atoms with van der Waals surface area (Å²) >= 11 is 5.91. The maximum absolute atomic E-state index is 5.91. The highest BCUT2D eigenvalue weighted by molar-refractivity contribution is 6.30. The second-order valence-corrected chi connectivity index (χ2v) is 5.20. The molecular formula is C14H17ClN4O. The summed E-state index contributed by atoms with van der Waals surface area (Å²) in [6.45, 7) is 5.42. The van der Waals surface area contributed by atoms with Crippen LogP contribution in [0.3, 0.4) is 0 Å². The minimum absolute atomic E-state index is 0.730. The van der Waals surface area contributed by atoms with E-state index >= 15 is 0 Å². The zero-order valence-electron chi connectivity index (χ0n) is 11.2. The Hall–Kier alpha value is -1.43. The summed E-state index contributed by atoms with van der Waals surface area (Å²) in [6, 6.07) is 7.69. The summed E-state index contributed by atoms with van der Waals surface area (Å²) in [5, 5.41) is 5.04.